The number of aromatic nitrogens is 2. The van der Waals surface area contributed by atoms with Gasteiger partial charge in [-0.1, -0.05) is 36.4 Å². The number of carbonyl (C=O) groups excluding carboxylic acids is 2. The second-order valence-electron chi connectivity index (χ2n) is 11.7. The van der Waals surface area contributed by atoms with E-state index >= 15 is 0 Å². The van der Waals surface area contributed by atoms with Crippen LogP contribution in [-0.4, -0.2) is 49.7 Å². The molecule has 246 valence electrons. The molecule has 0 saturated heterocycles. The summed E-state index contributed by atoms with van der Waals surface area (Å²) >= 11 is 0. The Kier molecular flexibility index (Phi) is 8.57. The molecule has 0 amide bonds. The first kappa shape index (κ1) is 31.6. The Morgan fingerprint density at radius 2 is 1.53 bits per heavy atom. The summed E-state index contributed by atoms with van der Waals surface area (Å²) in [5.74, 6) is 0.208. The number of hydrogen-bond donors (Lipinski definition) is 1. The number of rotatable bonds is 9. The van der Waals surface area contributed by atoms with Crippen molar-refractivity contribution in [3.8, 4) is 28.5 Å². The van der Waals surface area contributed by atoms with Gasteiger partial charge in [-0.3, -0.25) is 4.79 Å². The van der Waals surface area contributed by atoms with Crippen molar-refractivity contribution in [2.24, 2.45) is 0 Å². The topological polar surface area (TPSA) is 99.7 Å². The van der Waals surface area contributed by atoms with Crippen LogP contribution in [0.3, 0.4) is 0 Å². The van der Waals surface area contributed by atoms with Gasteiger partial charge in [-0.15, -0.1) is 0 Å². The molecular formula is C40H33FN2O6. The number of methoxy groups -OCH3 is 3. The number of H-pyrrole nitrogens is 1. The number of allylic oxidation sites excluding steroid dienone is 1. The minimum atomic E-state index is -0.597. The van der Waals surface area contributed by atoms with Crippen molar-refractivity contribution in [3.05, 3.63) is 119 Å². The molecule has 0 fully saturated rings. The maximum Gasteiger partial charge on any atom is 0.339 e. The van der Waals surface area contributed by atoms with E-state index in [1.54, 1.807) is 33.5 Å². The lowest BCUT2D eigenvalue weighted by Gasteiger charge is -2.22. The number of carbonyl (C=O) groups is 2. The molecular weight excluding hydrogens is 623 g/mol. The van der Waals surface area contributed by atoms with Crippen LogP contribution in [0, 0.1) is 5.82 Å². The third-order valence-electron chi connectivity index (χ3n) is 8.85. The lowest BCUT2D eigenvalue weighted by Crippen LogP contribution is -2.19. The standard InChI is InChI=1S/C40H33FN2O6/c1-46-33-20-23(21-34(47-2)39(33)48-3)19-25-9-8-12-29-35(27-10-4-6-13-30(27)42-37(25)29)40(45)49-22-32(44)36-28-11-5-7-14-31(28)43-38(36)24-15-17-26(41)18-16-24/h4-7,10-11,13-21,43H,8-9,12,22H2,1-3H3/b25-19-. The molecule has 7 rings (SSSR count). The number of esters is 1. The highest BCUT2D eigenvalue weighted by Gasteiger charge is 2.28. The van der Waals surface area contributed by atoms with Gasteiger partial charge in [0, 0.05) is 16.3 Å². The molecule has 0 aliphatic heterocycles. The molecule has 0 unspecified atom stereocenters. The normalized spacial score (nSPS) is 13.3. The van der Waals surface area contributed by atoms with Crippen molar-refractivity contribution in [1.82, 2.24) is 9.97 Å². The molecule has 0 saturated carbocycles. The van der Waals surface area contributed by atoms with Crippen molar-refractivity contribution >= 4 is 45.2 Å². The van der Waals surface area contributed by atoms with Gasteiger partial charge in [-0.05, 0) is 96.1 Å². The monoisotopic (exact) mass is 656 g/mol. The van der Waals surface area contributed by atoms with Gasteiger partial charge in [-0.25, -0.2) is 14.2 Å². The number of fused-ring (bicyclic) bond motifs is 3. The number of para-hydroxylation sites is 2. The van der Waals surface area contributed by atoms with Crippen LogP contribution in [0.5, 0.6) is 17.2 Å². The van der Waals surface area contributed by atoms with E-state index in [1.165, 1.54) is 12.1 Å². The van der Waals surface area contributed by atoms with Gasteiger partial charge in [0.2, 0.25) is 11.5 Å². The maximum absolute atomic E-state index is 14.0. The largest absolute Gasteiger partial charge is 0.493 e. The number of nitrogens with zero attached hydrogens (tertiary/aromatic N) is 1. The van der Waals surface area contributed by atoms with Crippen LogP contribution < -0.4 is 14.2 Å². The van der Waals surface area contributed by atoms with E-state index in [9.17, 15) is 14.0 Å². The number of nitrogens with one attached hydrogen (secondary N) is 1. The Labute approximate surface area is 282 Å². The number of hydrogen-bond acceptors (Lipinski definition) is 7. The summed E-state index contributed by atoms with van der Waals surface area (Å²) < 4.78 is 36.2. The molecule has 1 N–H and O–H groups in total. The van der Waals surface area contributed by atoms with E-state index in [0.29, 0.717) is 68.0 Å². The van der Waals surface area contributed by atoms with Gasteiger partial charge in [-0.2, -0.15) is 0 Å². The molecule has 0 atom stereocenters. The average Bonchev–Trinajstić information content (AvgIpc) is 3.52. The molecule has 1 aliphatic carbocycles. The van der Waals surface area contributed by atoms with Crippen LogP contribution in [0.15, 0.2) is 84.9 Å². The lowest BCUT2D eigenvalue weighted by atomic mass is 9.86. The molecule has 8 nitrogen and oxygen atoms in total. The molecule has 6 aromatic rings. The molecule has 4 aromatic carbocycles. The van der Waals surface area contributed by atoms with Crippen molar-refractivity contribution in [1.29, 1.82) is 0 Å². The number of ether oxygens (including phenoxy) is 4. The first-order valence-corrected chi connectivity index (χ1v) is 15.9. The summed E-state index contributed by atoms with van der Waals surface area (Å²) in [5, 5.41) is 1.35. The van der Waals surface area contributed by atoms with Crippen molar-refractivity contribution in [2.45, 2.75) is 19.3 Å². The van der Waals surface area contributed by atoms with Gasteiger partial charge in [0.1, 0.15) is 5.82 Å². The summed E-state index contributed by atoms with van der Waals surface area (Å²) in [6.07, 6.45) is 4.18. The molecule has 1 aliphatic rings. The molecule has 0 spiro atoms. The SMILES string of the molecule is COc1cc(/C=C2/CCCc3c2nc2ccccc2c3C(=O)OCC(=O)c2c(-c3ccc(F)cc3)[nH]c3ccccc23)cc(OC)c1OC. The Balaban J connectivity index is 1.25. The quantitative estimate of drug-likeness (QED) is 0.123. The first-order valence-electron chi connectivity index (χ1n) is 15.9. The molecule has 9 heteroatoms. The Bertz CT molecular complexity index is 2250. The van der Waals surface area contributed by atoms with E-state index < -0.39 is 12.6 Å². The van der Waals surface area contributed by atoms with Crippen LogP contribution in [-0.2, 0) is 11.2 Å². The first-order chi connectivity index (χ1) is 23.9. The van der Waals surface area contributed by atoms with Gasteiger partial charge < -0.3 is 23.9 Å². The van der Waals surface area contributed by atoms with Crippen LogP contribution in [0.1, 0.15) is 50.4 Å². The van der Waals surface area contributed by atoms with Crippen LogP contribution >= 0.6 is 0 Å². The Morgan fingerprint density at radius 3 is 2.24 bits per heavy atom. The number of aromatic amines is 1. The number of benzene rings is 4. The van der Waals surface area contributed by atoms with Crippen LogP contribution in [0.25, 0.3) is 44.7 Å². The van der Waals surface area contributed by atoms with E-state index in [0.717, 1.165) is 35.1 Å². The fourth-order valence-corrected chi connectivity index (χ4v) is 6.63. The van der Waals surface area contributed by atoms with Gasteiger partial charge >= 0.3 is 5.97 Å². The highest BCUT2D eigenvalue weighted by molar-refractivity contribution is 6.15. The van der Waals surface area contributed by atoms with E-state index in [4.69, 9.17) is 23.9 Å². The second-order valence-corrected chi connectivity index (χ2v) is 11.7. The number of pyridine rings is 1. The smallest absolute Gasteiger partial charge is 0.339 e. The second kappa shape index (κ2) is 13.3. The summed E-state index contributed by atoms with van der Waals surface area (Å²) in [7, 11) is 4.70. The van der Waals surface area contributed by atoms with Gasteiger partial charge in [0.05, 0.1) is 49.4 Å². The zero-order valence-corrected chi connectivity index (χ0v) is 27.3. The number of halogens is 1. The molecule has 49 heavy (non-hydrogen) atoms. The van der Waals surface area contributed by atoms with Gasteiger partial charge in [0.15, 0.2) is 18.1 Å². The lowest BCUT2D eigenvalue weighted by molar-refractivity contribution is 0.0476. The highest BCUT2D eigenvalue weighted by atomic mass is 19.1. The number of Topliss-reactive ketones (excluding diaryl/α,β-unsaturated/α-hetero) is 1. The number of ketones is 1. The fourth-order valence-electron chi connectivity index (χ4n) is 6.63. The van der Waals surface area contributed by atoms with Crippen LogP contribution in [0.4, 0.5) is 4.39 Å². The maximum atomic E-state index is 14.0. The van der Waals surface area contributed by atoms with Crippen molar-refractivity contribution < 1.29 is 32.9 Å². The highest BCUT2D eigenvalue weighted by Crippen LogP contribution is 2.41. The molecule has 0 radical (unpaired) electrons. The summed E-state index contributed by atoms with van der Waals surface area (Å²) in [6.45, 7) is -0.478. The van der Waals surface area contributed by atoms with Gasteiger partial charge in [0.25, 0.3) is 0 Å². The van der Waals surface area contributed by atoms with Crippen molar-refractivity contribution in [3.63, 3.8) is 0 Å². The predicted molar refractivity (Wildman–Crippen MR) is 187 cm³/mol. The summed E-state index contributed by atoms with van der Waals surface area (Å²) in [4.78, 5) is 36.2. The minimum Gasteiger partial charge on any atom is -0.493 e. The van der Waals surface area contributed by atoms with Crippen molar-refractivity contribution in [2.75, 3.05) is 27.9 Å². The zero-order chi connectivity index (χ0) is 34.1. The molecule has 0 bridgehead atoms. The van der Waals surface area contributed by atoms with E-state index in [-0.39, 0.29) is 11.6 Å². The fraction of sp³-hybridized carbons (Fsp3) is 0.175. The minimum absolute atomic E-state index is 0.375. The van der Waals surface area contributed by atoms with E-state index in [2.05, 4.69) is 4.98 Å². The average molecular weight is 657 g/mol. The van der Waals surface area contributed by atoms with E-state index in [1.807, 2.05) is 66.7 Å². The summed E-state index contributed by atoms with van der Waals surface area (Å²) in [5.41, 5.74) is 6.64. The third kappa shape index (κ3) is 5.88. The van der Waals surface area contributed by atoms with Crippen LogP contribution in [0.2, 0.25) is 0 Å². The predicted octanol–water partition coefficient (Wildman–Crippen LogP) is 8.46. The zero-order valence-electron chi connectivity index (χ0n) is 27.3. The third-order valence-corrected chi connectivity index (χ3v) is 8.85. The molecule has 2 heterocycles. The Hall–Kier alpha value is -5.96. The molecule has 2 aromatic heterocycles. The summed E-state index contributed by atoms with van der Waals surface area (Å²) in [6, 6.07) is 24.5. The Morgan fingerprint density at radius 1 is 0.837 bits per heavy atom.